The Hall–Kier alpha value is -0.820. The predicted octanol–water partition coefficient (Wildman–Crippen LogP) is 5.12. The van der Waals surface area contributed by atoms with Gasteiger partial charge in [-0.1, -0.05) is 64.8 Å². The molecule has 1 heteroatoms. The molecule has 0 fully saturated rings. The lowest BCUT2D eigenvalue weighted by molar-refractivity contribution is 0.402. The fraction of sp³-hybridized carbons (Fsp3) is 0.667. The molecule has 19 heavy (non-hydrogen) atoms. The van der Waals surface area contributed by atoms with Crippen molar-refractivity contribution in [2.45, 2.75) is 65.8 Å². The third-order valence-electron chi connectivity index (χ3n) is 3.90. The summed E-state index contributed by atoms with van der Waals surface area (Å²) in [5, 5.41) is 3.70. The summed E-state index contributed by atoms with van der Waals surface area (Å²) in [6, 6.07) is 9.76. The highest BCUT2D eigenvalue weighted by Gasteiger charge is 2.13. The lowest BCUT2D eigenvalue weighted by atomic mass is 9.93. The minimum atomic E-state index is 0.519. The summed E-state index contributed by atoms with van der Waals surface area (Å²) in [4.78, 5) is 0. The Morgan fingerprint density at radius 3 is 2.21 bits per heavy atom. The zero-order valence-corrected chi connectivity index (χ0v) is 13.2. The number of hydrogen-bond acceptors (Lipinski definition) is 1. The molecule has 1 nitrogen and oxygen atoms in total. The van der Waals surface area contributed by atoms with Crippen LogP contribution in [0, 0.1) is 5.92 Å². The molecule has 0 aromatic heterocycles. The van der Waals surface area contributed by atoms with Crippen molar-refractivity contribution in [1.29, 1.82) is 0 Å². The maximum Gasteiger partial charge on any atom is 0.0322 e. The molecule has 0 radical (unpaired) electrons. The van der Waals surface area contributed by atoms with E-state index in [2.05, 4.69) is 57.3 Å². The molecule has 0 saturated heterocycles. The zero-order chi connectivity index (χ0) is 14.1. The monoisotopic (exact) mass is 261 g/mol. The van der Waals surface area contributed by atoms with Crippen LogP contribution in [0.15, 0.2) is 24.3 Å². The van der Waals surface area contributed by atoms with Crippen LogP contribution in [0.4, 0.5) is 0 Å². The standard InChI is InChI=1S/C18H31N/c1-5-8-16-9-11-17(12-10-16)18(19-13-6-2)14-15(4)7-3/h9-12,15,18-19H,5-8,13-14H2,1-4H3. The van der Waals surface area contributed by atoms with Crippen LogP contribution in [-0.2, 0) is 6.42 Å². The molecule has 2 atom stereocenters. The van der Waals surface area contributed by atoms with E-state index >= 15 is 0 Å². The summed E-state index contributed by atoms with van der Waals surface area (Å²) in [7, 11) is 0. The van der Waals surface area contributed by atoms with E-state index < -0.39 is 0 Å². The smallest absolute Gasteiger partial charge is 0.0322 e. The van der Waals surface area contributed by atoms with Crippen LogP contribution >= 0.6 is 0 Å². The largest absolute Gasteiger partial charge is 0.310 e. The van der Waals surface area contributed by atoms with Gasteiger partial charge in [0.05, 0.1) is 0 Å². The summed E-state index contributed by atoms with van der Waals surface area (Å²) in [5.41, 5.74) is 2.91. The van der Waals surface area contributed by atoms with Crippen molar-refractivity contribution in [2.24, 2.45) is 5.92 Å². The molecule has 0 bridgehead atoms. The molecule has 1 aromatic carbocycles. The van der Waals surface area contributed by atoms with E-state index in [0.717, 1.165) is 12.5 Å². The first-order valence-corrected chi connectivity index (χ1v) is 8.03. The molecule has 0 amide bonds. The van der Waals surface area contributed by atoms with Crippen LogP contribution in [0.5, 0.6) is 0 Å². The summed E-state index contributed by atoms with van der Waals surface area (Å²) >= 11 is 0. The molecule has 0 saturated carbocycles. The van der Waals surface area contributed by atoms with E-state index in [9.17, 15) is 0 Å². The van der Waals surface area contributed by atoms with Crippen LogP contribution in [0.1, 0.15) is 70.5 Å². The molecule has 0 spiro atoms. The van der Waals surface area contributed by atoms with Gasteiger partial charge in [0, 0.05) is 6.04 Å². The number of aryl methyl sites for hydroxylation is 1. The molecule has 1 N–H and O–H groups in total. The Labute approximate surface area is 119 Å². The molecule has 2 unspecified atom stereocenters. The maximum absolute atomic E-state index is 3.70. The lowest BCUT2D eigenvalue weighted by Gasteiger charge is -2.22. The van der Waals surface area contributed by atoms with E-state index in [4.69, 9.17) is 0 Å². The molecule has 0 aliphatic rings. The highest BCUT2D eigenvalue weighted by atomic mass is 14.9. The fourth-order valence-electron chi connectivity index (χ4n) is 2.43. The lowest BCUT2D eigenvalue weighted by Crippen LogP contribution is -2.24. The van der Waals surface area contributed by atoms with Crippen molar-refractivity contribution in [3.63, 3.8) is 0 Å². The first kappa shape index (κ1) is 16.2. The average molecular weight is 261 g/mol. The SMILES string of the molecule is CCCNC(CC(C)CC)c1ccc(CCC)cc1. The second-order valence-corrected chi connectivity index (χ2v) is 5.75. The number of rotatable bonds is 9. The molecule has 0 heterocycles. The second kappa shape index (κ2) is 9.14. The minimum absolute atomic E-state index is 0.519. The van der Waals surface area contributed by atoms with E-state index in [0.29, 0.717) is 6.04 Å². The molecule has 1 aromatic rings. The Morgan fingerprint density at radius 1 is 1.00 bits per heavy atom. The van der Waals surface area contributed by atoms with E-state index in [-0.39, 0.29) is 0 Å². The van der Waals surface area contributed by atoms with Gasteiger partial charge in [-0.3, -0.25) is 0 Å². The van der Waals surface area contributed by atoms with Gasteiger partial charge in [0.25, 0.3) is 0 Å². The van der Waals surface area contributed by atoms with Gasteiger partial charge in [0.2, 0.25) is 0 Å². The van der Waals surface area contributed by atoms with Gasteiger partial charge >= 0.3 is 0 Å². The van der Waals surface area contributed by atoms with Gasteiger partial charge < -0.3 is 5.32 Å². The zero-order valence-electron chi connectivity index (χ0n) is 13.2. The van der Waals surface area contributed by atoms with Gasteiger partial charge in [0.1, 0.15) is 0 Å². The van der Waals surface area contributed by atoms with Crippen LogP contribution in [-0.4, -0.2) is 6.54 Å². The van der Waals surface area contributed by atoms with Gasteiger partial charge in [-0.25, -0.2) is 0 Å². The third kappa shape index (κ3) is 5.78. The third-order valence-corrected chi connectivity index (χ3v) is 3.90. The van der Waals surface area contributed by atoms with Gasteiger partial charge in [-0.2, -0.15) is 0 Å². The Kier molecular flexibility index (Phi) is 7.81. The highest BCUT2D eigenvalue weighted by Crippen LogP contribution is 2.23. The quantitative estimate of drug-likeness (QED) is 0.651. The molecule has 108 valence electrons. The van der Waals surface area contributed by atoms with Gasteiger partial charge in [-0.05, 0) is 42.9 Å². The summed E-state index contributed by atoms with van der Waals surface area (Å²) in [6.07, 6.45) is 6.12. The van der Waals surface area contributed by atoms with Crippen molar-refractivity contribution < 1.29 is 0 Å². The summed E-state index contributed by atoms with van der Waals surface area (Å²) < 4.78 is 0. The van der Waals surface area contributed by atoms with Crippen molar-refractivity contribution in [1.82, 2.24) is 5.32 Å². The first-order valence-electron chi connectivity index (χ1n) is 8.03. The first-order chi connectivity index (χ1) is 9.21. The molecular formula is C18H31N. The van der Waals surface area contributed by atoms with Crippen molar-refractivity contribution >= 4 is 0 Å². The summed E-state index contributed by atoms with van der Waals surface area (Å²) in [6.45, 7) is 10.2. The van der Waals surface area contributed by atoms with Crippen LogP contribution in [0.3, 0.4) is 0 Å². The minimum Gasteiger partial charge on any atom is -0.310 e. The Balaban J connectivity index is 2.71. The average Bonchev–Trinajstić information content (AvgIpc) is 2.44. The van der Waals surface area contributed by atoms with E-state index in [1.54, 1.807) is 0 Å². The van der Waals surface area contributed by atoms with Gasteiger partial charge in [0.15, 0.2) is 0 Å². The molecule has 0 aliphatic heterocycles. The number of nitrogens with one attached hydrogen (secondary N) is 1. The van der Waals surface area contributed by atoms with Crippen LogP contribution in [0.2, 0.25) is 0 Å². The Bertz CT molecular complexity index is 328. The predicted molar refractivity (Wildman–Crippen MR) is 85.5 cm³/mol. The number of benzene rings is 1. The molecular weight excluding hydrogens is 230 g/mol. The van der Waals surface area contributed by atoms with E-state index in [1.165, 1.54) is 43.2 Å². The van der Waals surface area contributed by atoms with E-state index in [1.807, 2.05) is 0 Å². The molecule has 1 rings (SSSR count). The second-order valence-electron chi connectivity index (χ2n) is 5.75. The maximum atomic E-state index is 3.70. The summed E-state index contributed by atoms with van der Waals surface area (Å²) in [5.74, 6) is 0.782. The highest BCUT2D eigenvalue weighted by molar-refractivity contribution is 5.25. The molecule has 0 aliphatic carbocycles. The van der Waals surface area contributed by atoms with Crippen LogP contribution < -0.4 is 5.32 Å². The normalized spacial score (nSPS) is 14.3. The Morgan fingerprint density at radius 2 is 1.68 bits per heavy atom. The van der Waals surface area contributed by atoms with Crippen molar-refractivity contribution in [2.75, 3.05) is 6.54 Å². The fourth-order valence-corrected chi connectivity index (χ4v) is 2.43. The van der Waals surface area contributed by atoms with Crippen molar-refractivity contribution in [3.8, 4) is 0 Å². The van der Waals surface area contributed by atoms with Gasteiger partial charge in [-0.15, -0.1) is 0 Å². The van der Waals surface area contributed by atoms with Crippen molar-refractivity contribution in [3.05, 3.63) is 35.4 Å². The van der Waals surface area contributed by atoms with Crippen LogP contribution in [0.25, 0.3) is 0 Å². The number of hydrogen-bond donors (Lipinski definition) is 1. The topological polar surface area (TPSA) is 12.0 Å².